The summed E-state index contributed by atoms with van der Waals surface area (Å²) in [5.74, 6) is -3.63. The molecule has 4 aromatic rings. The normalized spacial score (nSPS) is 15.2. The molecule has 2 aromatic carbocycles. The number of aromatic nitrogens is 2. The highest BCUT2D eigenvalue weighted by atomic mass is 19.2. The number of aromatic amines is 2. The maximum atomic E-state index is 14.4. The van der Waals surface area contributed by atoms with Crippen LogP contribution in [0.2, 0.25) is 0 Å². The summed E-state index contributed by atoms with van der Waals surface area (Å²) < 4.78 is 48.0. The molecule has 0 aliphatic carbocycles. The number of carbonyl (C=O) groups is 2. The van der Waals surface area contributed by atoms with Gasteiger partial charge in [-0.05, 0) is 56.5 Å². The zero-order chi connectivity index (χ0) is 29.1. The minimum Gasteiger partial charge on any atom is -0.444 e. The molecule has 0 radical (unpaired) electrons. The Morgan fingerprint density at radius 3 is 2.38 bits per heavy atom. The Labute approximate surface area is 225 Å². The minimum absolute atomic E-state index is 0.0292. The van der Waals surface area contributed by atoms with Crippen molar-refractivity contribution in [2.45, 2.75) is 39.0 Å². The Hall–Kier alpha value is -4.79. The van der Waals surface area contributed by atoms with Crippen molar-refractivity contribution < 1.29 is 27.5 Å². The summed E-state index contributed by atoms with van der Waals surface area (Å²) >= 11 is 0. The van der Waals surface area contributed by atoms with Gasteiger partial charge >= 0.3 is 6.09 Å². The Kier molecular flexibility index (Phi) is 6.33. The van der Waals surface area contributed by atoms with E-state index in [2.05, 4.69) is 9.97 Å². The number of amides is 2. The van der Waals surface area contributed by atoms with Gasteiger partial charge in [-0.25, -0.2) is 18.0 Å². The number of nitrogens with one attached hydrogen (secondary N) is 2. The van der Waals surface area contributed by atoms with Crippen molar-refractivity contribution in [2.24, 2.45) is 0 Å². The zero-order valence-corrected chi connectivity index (χ0v) is 22.0. The number of ether oxygens (including phenoxy) is 1. The molecule has 3 heterocycles. The highest BCUT2D eigenvalue weighted by Crippen LogP contribution is 2.36. The number of carbonyl (C=O) groups excluding carboxylic acids is 2. The largest absolute Gasteiger partial charge is 0.444 e. The van der Waals surface area contributed by atoms with E-state index in [1.165, 1.54) is 22.9 Å². The number of nitrogens with zero attached hydrogens (tertiary/aromatic N) is 3. The smallest absolute Gasteiger partial charge is 0.410 e. The van der Waals surface area contributed by atoms with E-state index in [1.54, 1.807) is 20.8 Å². The predicted octanol–water partition coefficient (Wildman–Crippen LogP) is 4.86. The fourth-order valence-electron chi connectivity index (χ4n) is 4.98. The number of pyridine rings is 1. The van der Waals surface area contributed by atoms with Crippen molar-refractivity contribution in [2.75, 3.05) is 13.6 Å². The van der Waals surface area contributed by atoms with E-state index in [0.717, 1.165) is 24.3 Å². The van der Waals surface area contributed by atoms with E-state index in [9.17, 15) is 32.8 Å². The van der Waals surface area contributed by atoms with Crippen molar-refractivity contribution in [1.29, 1.82) is 5.26 Å². The number of fused-ring (bicyclic) bond motifs is 4. The average Bonchev–Trinajstić information content (AvgIpc) is 3.30. The van der Waals surface area contributed by atoms with Gasteiger partial charge in [-0.15, -0.1) is 0 Å². The molecule has 40 heavy (non-hydrogen) atoms. The van der Waals surface area contributed by atoms with Crippen LogP contribution in [0.5, 0.6) is 0 Å². The molecule has 0 unspecified atom stereocenters. The molecule has 12 heteroatoms. The van der Waals surface area contributed by atoms with E-state index in [0.29, 0.717) is 10.9 Å². The van der Waals surface area contributed by atoms with Crippen LogP contribution < -0.4 is 5.56 Å². The number of hydrogen-bond acceptors (Lipinski definition) is 5. The van der Waals surface area contributed by atoms with Crippen LogP contribution in [0.3, 0.4) is 0 Å². The maximum absolute atomic E-state index is 14.4. The molecule has 206 valence electrons. The van der Waals surface area contributed by atoms with Crippen LogP contribution in [0, 0.1) is 28.8 Å². The van der Waals surface area contributed by atoms with Gasteiger partial charge in [0.1, 0.15) is 17.1 Å². The Morgan fingerprint density at radius 2 is 1.73 bits per heavy atom. The zero-order valence-electron chi connectivity index (χ0n) is 22.0. The predicted molar refractivity (Wildman–Crippen MR) is 139 cm³/mol. The summed E-state index contributed by atoms with van der Waals surface area (Å²) in [5, 5.41) is 9.71. The summed E-state index contributed by atoms with van der Waals surface area (Å²) in [4.78, 5) is 47.6. The van der Waals surface area contributed by atoms with Crippen LogP contribution in [0.4, 0.5) is 18.0 Å². The second kappa shape index (κ2) is 9.44. The van der Waals surface area contributed by atoms with E-state index in [4.69, 9.17) is 4.74 Å². The number of rotatable bonds is 2. The first-order valence-electron chi connectivity index (χ1n) is 12.3. The molecule has 2 aromatic heterocycles. The molecule has 0 saturated heterocycles. The van der Waals surface area contributed by atoms with Crippen molar-refractivity contribution in [3.05, 3.63) is 80.7 Å². The summed E-state index contributed by atoms with van der Waals surface area (Å²) in [6.07, 6.45) is -0.699. The minimum atomic E-state index is -1.20. The highest BCUT2D eigenvalue weighted by molar-refractivity contribution is 6.00. The first-order valence-corrected chi connectivity index (χ1v) is 12.3. The first-order chi connectivity index (χ1) is 18.8. The van der Waals surface area contributed by atoms with Gasteiger partial charge in [0.25, 0.3) is 11.5 Å². The van der Waals surface area contributed by atoms with Crippen LogP contribution in [-0.4, -0.2) is 51.0 Å². The number of benzene rings is 2. The van der Waals surface area contributed by atoms with E-state index < -0.39 is 46.7 Å². The van der Waals surface area contributed by atoms with Gasteiger partial charge in [0, 0.05) is 30.2 Å². The van der Waals surface area contributed by atoms with Crippen molar-refractivity contribution in [3.63, 3.8) is 0 Å². The van der Waals surface area contributed by atoms with Crippen LogP contribution >= 0.6 is 0 Å². The Morgan fingerprint density at radius 1 is 1.05 bits per heavy atom. The first kappa shape index (κ1) is 26.8. The van der Waals surface area contributed by atoms with Crippen LogP contribution in [0.15, 0.2) is 35.1 Å². The molecule has 0 saturated carbocycles. The molecule has 0 fully saturated rings. The van der Waals surface area contributed by atoms with Crippen LogP contribution in [-0.2, 0) is 11.3 Å². The molecular formula is C28H24F3N5O4. The van der Waals surface area contributed by atoms with Gasteiger partial charge in [0.15, 0.2) is 11.6 Å². The maximum Gasteiger partial charge on any atom is 0.410 e. The van der Waals surface area contributed by atoms with E-state index in [1.807, 2.05) is 6.07 Å². The third kappa shape index (κ3) is 4.64. The monoisotopic (exact) mass is 551 g/mol. The van der Waals surface area contributed by atoms with Gasteiger partial charge in [0.2, 0.25) is 0 Å². The molecule has 0 spiro atoms. The number of H-pyrrole nitrogens is 2. The van der Waals surface area contributed by atoms with Crippen LogP contribution in [0.25, 0.3) is 21.7 Å². The van der Waals surface area contributed by atoms with E-state index in [-0.39, 0.29) is 46.3 Å². The fourth-order valence-corrected chi connectivity index (χ4v) is 4.98. The molecule has 0 bridgehead atoms. The molecule has 2 amide bonds. The lowest BCUT2D eigenvalue weighted by molar-refractivity contribution is 0.0142. The molecule has 1 aliphatic heterocycles. The molecule has 5 rings (SSSR count). The molecule has 2 N–H and O–H groups in total. The highest BCUT2D eigenvalue weighted by Gasteiger charge is 2.37. The summed E-state index contributed by atoms with van der Waals surface area (Å²) in [5.41, 5.74) is -0.646. The Balaban J connectivity index is 1.64. The third-order valence-corrected chi connectivity index (χ3v) is 6.75. The van der Waals surface area contributed by atoms with Crippen molar-refractivity contribution >= 4 is 33.7 Å². The lowest BCUT2D eigenvalue weighted by Crippen LogP contribution is -2.47. The SMILES string of the molecule is CN(C(=O)c1cc2c(C#N)cc(F)cc2[nH]1)[C@H]1CN(C(=O)OC(C)(C)C)Cc2[nH]c(=O)c3cc(F)c(F)cc3c21. The lowest BCUT2D eigenvalue weighted by atomic mass is 9.92. The summed E-state index contributed by atoms with van der Waals surface area (Å²) in [6, 6.07) is 6.28. The topological polar surface area (TPSA) is 122 Å². The quantitative estimate of drug-likeness (QED) is 0.368. The fraction of sp³-hybridized carbons (Fsp3) is 0.286. The third-order valence-electron chi connectivity index (χ3n) is 6.75. The molecule has 1 aliphatic rings. The van der Waals surface area contributed by atoms with Gasteiger partial charge in [0.05, 0.1) is 35.1 Å². The lowest BCUT2D eigenvalue weighted by Gasteiger charge is -2.39. The summed E-state index contributed by atoms with van der Waals surface area (Å²) in [6.45, 7) is 4.87. The second-order valence-corrected chi connectivity index (χ2v) is 10.7. The number of hydrogen-bond donors (Lipinski definition) is 2. The average molecular weight is 552 g/mol. The standard InChI is InChI=1S/C28H24F3N5O4/c1-28(2,3)40-27(39)36-11-22-24(16-7-18(30)19(31)8-17(16)25(37)34-22)23(12-36)35(4)26(38)21-9-15-13(10-32)5-14(29)6-20(15)33-21/h5-9,23,33H,11-12H2,1-4H3,(H,34,37)/t23-/m0/s1. The Bertz CT molecular complexity index is 1820. The van der Waals surface area contributed by atoms with Gasteiger partial charge in [-0.1, -0.05) is 0 Å². The molecule has 1 atom stereocenters. The van der Waals surface area contributed by atoms with Crippen molar-refractivity contribution in [3.8, 4) is 6.07 Å². The van der Waals surface area contributed by atoms with E-state index >= 15 is 0 Å². The van der Waals surface area contributed by atoms with Crippen LogP contribution in [0.1, 0.15) is 54.1 Å². The number of likely N-dealkylation sites (N-methyl/N-ethyl adjacent to an activating group) is 1. The molecule has 9 nitrogen and oxygen atoms in total. The van der Waals surface area contributed by atoms with Gasteiger partial charge in [-0.2, -0.15) is 5.26 Å². The van der Waals surface area contributed by atoms with Crippen molar-refractivity contribution in [1.82, 2.24) is 19.8 Å². The van der Waals surface area contributed by atoms with Gasteiger partial charge in [-0.3, -0.25) is 14.5 Å². The molecular weight excluding hydrogens is 527 g/mol. The van der Waals surface area contributed by atoms with Gasteiger partial charge < -0.3 is 19.6 Å². The second-order valence-electron chi connectivity index (χ2n) is 10.7. The number of halogens is 3. The number of nitriles is 1. The summed E-state index contributed by atoms with van der Waals surface area (Å²) in [7, 11) is 1.45.